The lowest BCUT2D eigenvalue weighted by atomic mass is 9.99. The van der Waals surface area contributed by atoms with Crippen molar-refractivity contribution >= 4 is 17.3 Å². The first kappa shape index (κ1) is 19.6. The van der Waals surface area contributed by atoms with E-state index in [-0.39, 0.29) is 5.56 Å². The highest BCUT2D eigenvalue weighted by Crippen LogP contribution is 2.28. The fourth-order valence-electron chi connectivity index (χ4n) is 2.32. The van der Waals surface area contributed by atoms with Crippen molar-refractivity contribution in [3.8, 4) is 0 Å². The van der Waals surface area contributed by atoms with Gasteiger partial charge in [0, 0.05) is 6.07 Å². The van der Waals surface area contributed by atoms with Gasteiger partial charge in [-0.1, -0.05) is 0 Å². The number of ether oxygens (including phenoxy) is 2. The predicted molar refractivity (Wildman–Crippen MR) is 78.9 cm³/mol. The van der Waals surface area contributed by atoms with Crippen LogP contribution in [0.3, 0.4) is 0 Å². The molecule has 1 aromatic rings. The molecule has 142 valence electrons. The number of hydrogen-bond acceptors (Lipinski definition) is 10. The molecular formula is C13H14N2O11. The Balaban J connectivity index is 2.18. The van der Waals surface area contributed by atoms with Crippen molar-refractivity contribution in [1.82, 2.24) is 0 Å². The van der Waals surface area contributed by atoms with Crippen LogP contribution in [0.4, 0.5) is 11.4 Å². The van der Waals surface area contributed by atoms with Crippen LogP contribution in [0.25, 0.3) is 0 Å². The molecule has 0 bridgehead atoms. The summed E-state index contributed by atoms with van der Waals surface area (Å²) in [4.78, 5) is 31.0. The quantitative estimate of drug-likeness (QED) is 0.348. The van der Waals surface area contributed by atoms with Crippen molar-refractivity contribution in [2.45, 2.75) is 37.3 Å². The molecule has 1 fully saturated rings. The first-order valence-corrected chi connectivity index (χ1v) is 7.09. The van der Waals surface area contributed by atoms with Crippen LogP contribution in [0.15, 0.2) is 18.2 Å². The maximum absolute atomic E-state index is 11.0. The summed E-state index contributed by atoms with van der Waals surface area (Å²) in [6, 6.07) is 2.78. The van der Waals surface area contributed by atoms with E-state index in [1.165, 1.54) is 0 Å². The topological polar surface area (TPSA) is 203 Å². The molecular weight excluding hydrogens is 360 g/mol. The number of aliphatic hydroxyl groups excluding tert-OH is 3. The minimum Gasteiger partial charge on any atom is -0.479 e. The van der Waals surface area contributed by atoms with Gasteiger partial charge in [0.05, 0.1) is 28.1 Å². The number of non-ortho nitro benzene ring substituents is 1. The Morgan fingerprint density at radius 3 is 2.31 bits per heavy atom. The molecule has 0 aromatic heterocycles. The van der Waals surface area contributed by atoms with Gasteiger partial charge in [0.15, 0.2) is 12.4 Å². The summed E-state index contributed by atoms with van der Waals surface area (Å²) in [5.41, 5.74) is -1.25. The third kappa shape index (κ3) is 3.92. The number of carboxylic acid groups (broad SMARTS) is 1. The first-order valence-electron chi connectivity index (χ1n) is 7.09. The number of nitro groups is 2. The molecule has 13 heteroatoms. The number of hydrogen-bond donors (Lipinski definition) is 4. The van der Waals surface area contributed by atoms with Crippen LogP contribution in [0, 0.1) is 20.2 Å². The zero-order valence-corrected chi connectivity index (χ0v) is 12.9. The van der Waals surface area contributed by atoms with Gasteiger partial charge in [-0.3, -0.25) is 20.2 Å². The molecule has 5 atom stereocenters. The predicted octanol–water partition coefficient (Wildman–Crippen LogP) is -1.09. The Morgan fingerprint density at radius 2 is 1.77 bits per heavy atom. The van der Waals surface area contributed by atoms with E-state index < -0.39 is 64.5 Å². The van der Waals surface area contributed by atoms with Gasteiger partial charge >= 0.3 is 5.97 Å². The number of benzene rings is 1. The van der Waals surface area contributed by atoms with Crippen LogP contribution < -0.4 is 0 Å². The van der Waals surface area contributed by atoms with E-state index in [1.807, 2.05) is 0 Å². The van der Waals surface area contributed by atoms with E-state index in [0.717, 1.165) is 18.2 Å². The molecule has 1 heterocycles. The fraction of sp³-hybridized carbons (Fsp3) is 0.462. The lowest BCUT2D eigenvalue weighted by Crippen LogP contribution is -2.60. The van der Waals surface area contributed by atoms with Crippen molar-refractivity contribution in [2.75, 3.05) is 0 Å². The highest BCUT2D eigenvalue weighted by molar-refractivity contribution is 5.73. The number of aliphatic hydroxyl groups is 3. The molecule has 1 unspecified atom stereocenters. The third-order valence-electron chi connectivity index (χ3n) is 3.69. The van der Waals surface area contributed by atoms with Crippen molar-refractivity contribution in [1.29, 1.82) is 0 Å². The molecule has 1 aromatic carbocycles. The summed E-state index contributed by atoms with van der Waals surface area (Å²) in [6.07, 6.45) is -9.20. The molecule has 0 spiro atoms. The molecule has 1 aliphatic heterocycles. The van der Waals surface area contributed by atoms with E-state index in [1.54, 1.807) is 0 Å². The van der Waals surface area contributed by atoms with Crippen LogP contribution in [0.1, 0.15) is 5.56 Å². The van der Waals surface area contributed by atoms with Gasteiger partial charge in [0.2, 0.25) is 0 Å². The Hall–Kier alpha value is -2.71. The van der Waals surface area contributed by atoms with Gasteiger partial charge in [-0.2, -0.15) is 0 Å². The summed E-state index contributed by atoms with van der Waals surface area (Å²) < 4.78 is 9.96. The van der Waals surface area contributed by atoms with Crippen LogP contribution in [0.2, 0.25) is 0 Å². The van der Waals surface area contributed by atoms with Crippen molar-refractivity contribution in [3.05, 3.63) is 44.0 Å². The van der Waals surface area contributed by atoms with Crippen molar-refractivity contribution in [2.24, 2.45) is 0 Å². The largest absolute Gasteiger partial charge is 0.479 e. The second-order valence-corrected chi connectivity index (χ2v) is 5.37. The van der Waals surface area contributed by atoms with Crippen LogP contribution in [0.5, 0.6) is 0 Å². The van der Waals surface area contributed by atoms with Crippen molar-refractivity contribution in [3.63, 3.8) is 0 Å². The maximum Gasteiger partial charge on any atom is 0.335 e. The SMILES string of the molecule is O=C(O)[C@H]1OC(OCc2ccc([N+](=O)[O-])cc2[N+](=O)[O-])[C@H](O)[C@@H](O)[C@@H]1O. The van der Waals surface area contributed by atoms with E-state index in [2.05, 4.69) is 0 Å². The van der Waals surface area contributed by atoms with E-state index in [9.17, 15) is 40.3 Å². The Bertz CT molecular complexity index is 724. The normalized spacial score (nSPS) is 28.5. The van der Waals surface area contributed by atoms with Gasteiger partial charge in [0.25, 0.3) is 11.4 Å². The maximum atomic E-state index is 11.0. The van der Waals surface area contributed by atoms with Gasteiger partial charge in [-0.15, -0.1) is 0 Å². The zero-order chi connectivity index (χ0) is 19.6. The molecule has 0 aliphatic carbocycles. The second-order valence-electron chi connectivity index (χ2n) is 5.37. The Labute approximate surface area is 144 Å². The molecule has 1 aliphatic rings. The molecule has 26 heavy (non-hydrogen) atoms. The minimum absolute atomic E-state index is 0.108. The Kier molecular flexibility index (Phi) is 5.79. The van der Waals surface area contributed by atoms with Crippen LogP contribution >= 0.6 is 0 Å². The van der Waals surface area contributed by atoms with Crippen molar-refractivity contribution < 1.29 is 44.5 Å². The number of carbonyl (C=O) groups is 1. The smallest absolute Gasteiger partial charge is 0.335 e. The average Bonchev–Trinajstić information content (AvgIpc) is 2.58. The molecule has 13 nitrogen and oxygen atoms in total. The van der Waals surface area contributed by atoms with E-state index in [4.69, 9.17) is 14.6 Å². The van der Waals surface area contributed by atoms with E-state index in [0.29, 0.717) is 0 Å². The summed E-state index contributed by atoms with van der Waals surface area (Å²) in [7, 11) is 0. The average molecular weight is 374 g/mol. The van der Waals surface area contributed by atoms with Gasteiger partial charge in [-0.05, 0) is 6.07 Å². The molecule has 0 saturated carbocycles. The molecule has 1 saturated heterocycles. The number of rotatable bonds is 6. The molecule has 2 rings (SSSR count). The Morgan fingerprint density at radius 1 is 1.12 bits per heavy atom. The molecule has 0 radical (unpaired) electrons. The molecule has 0 amide bonds. The van der Waals surface area contributed by atoms with Gasteiger partial charge in [0.1, 0.15) is 18.3 Å². The summed E-state index contributed by atoms with van der Waals surface area (Å²) in [5.74, 6) is -1.61. The number of nitro benzene ring substituents is 2. The number of nitrogens with zero attached hydrogens (tertiary/aromatic N) is 2. The van der Waals surface area contributed by atoms with E-state index >= 15 is 0 Å². The zero-order valence-electron chi connectivity index (χ0n) is 12.9. The lowest BCUT2D eigenvalue weighted by molar-refractivity contribution is -0.395. The fourth-order valence-corrected chi connectivity index (χ4v) is 2.32. The third-order valence-corrected chi connectivity index (χ3v) is 3.69. The minimum atomic E-state index is -1.91. The van der Waals surface area contributed by atoms with Gasteiger partial charge < -0.3 is 29.9 Å². The summed E-state index contributed by atoms with van der Waals surface area (Å²) >= 11 is 0. The summed E-state index contributed by atoms with van der Waals surface area (Å²) in [5, 5.41) is 59.7. The number of aliphatic carboxylic acids is 1. The number of carboxylic acids is 1. The van der Waals surface area contributed by atoms with Crippen LogP contribution in [-0.4, -0.2) is 66.9 Å². The summed E-state index contributed by atoms with van der Waals surface area (Å²) in [6.45, 7) is -0.578. The highest BCUT2D eigenvalue weighted by Gasteiger charge is 2.47. The highest BCUT2D eigenvalue weighted by atomic mass is 16.7. The van der Waals surface area contributed by atoms with Gasteiger partial charge in [-0.25, -0.2) is 4.79 Å². The first-order chi connectivity index (χ1) is 12.1. The molecule has 4 N–H and O–H groups in total. The lowest BCUT2D eigenvalue weighted by Gasteiger charge is -2.38. The monoisotopic (exact) mass is 374 g/mol. The second kappa shape index (κ2) is 7.67. The van der Waals surface area contributed by atoms with Crippen LogP contribution in [-0.2, 0) is 20.9 Å². The standard InChI is InChI=1S/C13H14N2O11/c16-8-9(17)11(12(19)20)26-13(10(8)18)25-4-5-1-2-6(14(21)22)3-7(5)15(23)24/h1-3,8-11,13,16-18H,4H2,(H,19,20)/t8-,9-,10+,11-,13?/m0/s1.